The van der Waals surface area contributed by atoms with Crippen LogP contribution in [0.15, 0.2) is 0 Å². The van der Waals surface area contributed by atoms with E-state index in [-0.39, 0.29) is 24.3 Å². The van der Waals surface area contributed by atoms with Gasteiger partial charge in [0.05, 0.1) is 13.2 Å². The van der Waals surface area contributed by atoms with E-state index in [0.29, 0.717) is 13.2 Å². The molecule has 0 aromatic rings. The second kappa shape index (κ2) is 6.83. The normalized spacial score (nSPS) is 27.4. The van der Waals surface area contributed by atoms with E-state index >= 15 is 0 Å². The molecule has 94 valence electrons. The third-order valence-corrected chi connectivity index (χ3v) is 2.48. The molecule has 0 bridgehead atoms. The van der Waals surface area contributed by atoms with Crippen LogP contribution in [0.2, 0.25) is 0 Å². The van der Waals surface area contributed by atoms with Crippen molar-refractivity contribution in [2.45, 2.75) is 51.4 Å². The lowest BCUT2D eigenvalue weighted by Crippen LogP contribution is -2.49. The van der Waals surface area contributed by atoms with Crippen molar-refractivity contribution >= 4 is 5.97 Å². The number of rotatable bonds is 5. The summed E-state index contributed by atoms with van der Waals surface area (Å²) in [5, 5.41) is 3.14. The third kappa shape index (κ3) is 4.47. The van der Waals surface area contributed by atoms with Crippen LogP contribution in [0.1, 0.15) is 33.1 Å². The number of nitrogens with one attached hydrogen (secondary N) is 1. The Labute approximate surface area is 96.7 Å². The van der Waals surface area contributed by atoms with Crippen molar-refractivity contribution in [3.05, 3.63) is 0 Å². The van der Waals surface area contributed by atoms with Crippen molar-refractivity contribution in [3.63, 3.8) is 0 Å². The molecule has 3 unspecified atom stereocenters. The SMILES string of the molecule is CCOC(=O)C1CCCC(OCC(C)N)N1. The summed E-state index contributed by atoms with van der Waals surface area (Å²) in [6.07, 6.45) is 2.63. The number of carbonyl (C=O) groups is 1. The summed E-state index contributed by atoms with van der Waals surface area (Å²) in [6.45, 7) is 4.63. The minimum atomic E-state index is -0.230. The minimum absolute atomic E-state index is 0.0183. The lowest BCUT2D eigenvalue weighted by molar-refractivity contribution is -0.148. The smallest absolute Gasteiger partial charge is 0.323 e. The topological polar surface area (TPSA) is 73.6 Å². The summed E-state index contributed by atoms with van der Waals surface area (Å²) in [5.74, 6) is -0.184. The largest absolute Gasteiger partial charge is 0.465 e. The summed E-state index contributed by atoms with van der Waals surface area (Å²) in [7, 11) is 0. The molecule has 0 aromatic heterocycles. The van der Waals surface area contributed by atoms with Crippen LogP contribution in [0.25, 0.3) is 0 Å². The molecule has 1 saturated heterocycles. The predicted octanol–water partition coefficient (Wildman–Crippen LogP) is 0.382. The van der Waals surface area contributed by atoms with Crippen LogP contribution in [-0.2, 0) is 14.3 Å². The number of carbonyl (C=O) groups excluding carboxylic acids is 1. The van der Waals surface area contributed by atoms with Crippen LogP contribution >= 0.6 is 0 Å². The number of hydrogen-bond acceptors (Lipinski definition) is 5. The van der Waals surface area contributed by atoms with Gasteiger partial charge in [-0.2, -0.15) is 0 Å². The lowest BCUT2D eigenvalue weighted by Gasteiger charge is -2.29. The fraction of sp³-hybridized carbons (Fsp3) is 0.909. The van der Waals surface area contributed by atoms with Gasteiger partial charge in [0, 0.05) is 6.04 Å². The van der Waals surface area contributed by atoms with Gasteiger partial charge in [-0.1, -0.05) is 0 Å². The molecule has 0 amide bonds. The molecule has 1 rings (SSSR count). The highest BCUT2D eigenvalue weighted by atomic mass is 16.5. The number of piperidine rings is 1. The van der Waals surface area contributed by atoms with Gasteiger partial charge in [-0.3, -0.25) is 10.1 Å². The summed E-state index contributed by atoms with van der Waals surface area (Å²) in [4.78, 5) is 11.5. The molecule has 1 aliphatic heterocycles. The van der Waals surface area contributed by atoms with Gasteiger partial charge < -0.3 is 15.2 Å². The first-order valence-electron chi connectivity index (χ1n) is 5.93. The van der Waals surface area contributed by atoms with E-state index in [2.05, 4.69) is 5.32 Å². The van der Waals surface area contributed by atoms with Gasteiger partial charge in [0.25, 0.3) is 0 Å². The molecule has 3 N–H and O–H groups in total. The van der Waals surface area contributed by atoms with E-state index in [9.17, 15) is 4.79 Å². The van der Waals surface area contributed by atoms with Crippen LogP contribution in [0, 0.1) is 0 Å². The van der Waals surface area contributed by atoms with Gasteiger partial charge in [0.15, 0.2) is 0 Å². The van der Waals surface area contributed by atoms with Crippen molar-refractivity contribution in [3.8, 4) is 0 Å². The maximum Gasteiger partial charge on any atom is 0.323 e. The van der Waals surface area contributed by atoms with Gasteiger partial charge in [-0.25, -0.2) is 0 Å². The molecule has 3 atom stereocenters. The number of esters is 1. The molecule has 16 heavy (non-hydrogen) atoms. The van der Waals surface area contributed by atoms with E-state index in [4.69, 9.17) is 15.2 Å². The van der Waals surface area contributed by atoms with Crippen molar-refractivity contribution in [2.24, 2.45) is 5.73 Å². The van der Waals surface area contributed by atoms with E-state index in [0.717, 1.165) is 19.3 Å². The monoisotopic (exact) mass is 230 g/mol. The van der Waals surface area contributed by atoms with Crippen LogP contribution < -0.4 is 11.1 Å². The van der Waals surface area contributed by atoms with Crippen molar-refractivity contribution in [1.82, 2.24) is 5.32 Å². The maximum atomic E-state index is 11.5. The molecule has 1 aliphatic rings. The van der Waals surface area contributed by atoms with Crippen LogP contribution in [0.4, 0.5) is 0 Å². The summed E-state index contributed by atoms with van der Waals surface area (Å²) in [6, 6.07) is -0.212. The summed E-state index contributed by atoms with van der Waals surface area (Å²) >= 11 is 0. The molecule has 5 nitrogen and oxygen atoms in total. The van der Waals surface area contributed by atoms with Crippen LogP contribution in [-0.4, -0.2) is 37.5 Å². The third-order valence-electron chi connectivity index (χ3n) is 2.48. The maximum absolute atomic E-state index is 11.5. The highest BCUT2D eigenvalue weighted by Crippen LogP contribution is 2.14. The van der Waals surface area contributed by atoms with E-state index in [1.54, 1.807) is 0 Å². The fourth-order valence-corrected chi connectivity index (χ4v) is 1.73. The Bertz CT molecular complexity index is 221. The predicted molar refractivity (Wildman–Crippen MR) is 60.8 cm³/mol. The molecule has 0 radical (unpaired) electrons. The molecule has 5 heteroatoms. The average Bonchev–Trinajstić information content (AvgIpc) is 2.27. The first-order valence-corrected chi connectivity index (χ1v) is 5.93. The number of hydrogen-bond donors (Lipinski definition) is 2. The Morgan fingerprint density at radius 3 is 2.94 bits per heavy atom. The number of ether oxygens (including phenoxy) is 2. The first-order chi connectivity index (χ1) is 7.63. The highest BCUT2D eigenvalue weighted by Gasteiger charge is 2.27. The Kier molecular flexibility index (Phi) is 5.73. The van der Waals surface area contributed by atoms with Crippen LogP contribution in [0.5, 0.6) is 0 Å². The van der Waals surface area contributed by atoms with E-state index in [1.165, 1.54) is 0 Å². The molecule has 0 saturated carbocycles. The van der Waals surface area contributed by atoms with Gasteiger partial charge in [-0.15, -0.1) is 0 Å². The van der Waals surface area contributed by atoms with E-state index in [1.807, 2.05) is 13.8 Å². The molecule has 0 aliphatic carbocycles. The second-order valence-electron chi connectivity index (χ2n) is 4.20. The first kappa shape index (κ1) is 13.4. The van der Waals surface area contributed by atoms with Crippen molar-refractivity contribution in [1.29, 1.82) is 0 Å². The average molecular weight is 230 g/mol. The summed E-state index contributed by atoms with van der Waals surface area (Å²) in [5.41, 5.74) is 5.61. The van der Waals surface area contributed by atoms with Crippen LogP contribution in [0.3, 0.4) is 0 Å². The zero-order valence-corrected chi connectivity index (χ0v) is 10.1. The van der Waals surface area contributed by atoms with Crippen molar-refractivity contribution < 1.29 is 14.3 Å². The molecule has 1 heterocycles. The molecule has 1 fully saturated rings. The Balaban J connectivity index is 2.32. The number of nitrogens with two attached hydrogens (primary N) is 1. The van der Waals surface area contributed by atoms with E-state index < -0.39 is 0 Å². The van der Waals surface area contributed by atoms with Gasteiger partial charge in [0.1, 0.15) is 12.3 Å². The fourth-order valence-electron chi connectivity index (χ4n) is 1.73. The standard InChI is InChI=1S/C11H22N2O3/c1-3-15-11(14)9-5-4-6-10(13-9)16-7-8(2)12/h8-10,13H,3-7,12H2,1-2H3. The second-order valence-corrected chi connectivity index (χ2v) is 4.20. The van der Waals surface area contributed by atoms with Gasteiger partial charge >= 0.3 is 5.97 Å². The molecular weight excluding hydrogens is 208 g/mol. The van der Waals surface area contributed by atoms with Gasteiger partial charge in [-0.05, 0) is 33.1 Å². The summed E-state index contributed by atoms with van der Waals surface area (Å²) < 4.78 is 10.5. The quantitative estimate of drug-likeness (QED) is 0.668. The Morgan fingerprint density at radius 1 is 1.56 bits per heavy atom. The van der Waals surface area contributed by atoms with Gasteiger partial charge in [0.2, 0.25) is 0 Å². The molecule has 0 spiro atoms. The Hall–Kier alpha value is -0.650. The lowest BCUT2D eigenvalue weighted by atomic mass is 10.0. The van der Waals surface area contributed by atoms with Crippen molar-refractivity contribution in [2.75, 3.05) is 13.2 Å². The Morgan fingerprint density at radius 2 is 2.31 bits per heavy atom. The minimum Gasteiger partial charge on any atom is -0.465 e. The highest BCUT2D eigenvalue weighted by molar-refractivity contribution is 5.75. The zero-order valence-electron chi connectivity index (χ0n) is 10.1. The molecular formula is C11H22N2O3. The molecule has 0 aromatic carbocycles. The zero-order chi connectivity index (χ0) is 12.0.